The first-order valence-corrected chi connectivity index (χ1v) is 10.1. The molecule has 1 N–H and O–H groups in total. The Bertz CT molecular complexity index is 1110. The number of rotatable bonds is 4. The lowest BCUT2D eigenvalue weighted by Gasteiger charge is -2.35. The van der Waals surface area contributed by atoms with Crippen molar-refractivity contribution in [2.75, 3.05) is 24.5 Å². The number of hydrogen-bond donors (Lipinski definition) is 1. The summed E-state index contributed by atoms with van der Waals surface area (Å²) >= 11 is 0. The van der Waals surface area contributed by atoms with E-state index < -0.39 is 0 Å². The zero-order chi connectivity index (χ0) is 20.9. The summed E-state index contributed by atoms with van der Waals surface area (Å²) in [5, 5.41) is 3.57. The van der Waals surface area contributed by atoms with E-state index in [4.69, 9.17) is 4.98 Å². The molecule has 150 valence electrons. The average molecular weight is 396 g/mol. The summed E-state index contributed by atoms with van der Waals surface area (Å²) < 4.78 is 0. The van der Waals surface area contributed by atoms with Crippen LogP contribution in [0.4, 0.5) is 5.82 Å². The smallest absolute Gasteiger partial charge is 0.214 e. The first-order valence-electron chi connectivity index (χ1n) is 10.1. The molecule has 0 aliphatic carbocycles. The number of nitrogens with zero attached hydrogens (tertiary/aromatic N) is 3. The molecule has 0 radical (unpaired) electrons. The molecule has 4 rings (SSSR count). The van der Waals surface area contributed by atoms with Gasteiger partial charge in [0.05, 0.1) is 5.56 Å². The maximum atomic E-state index is 13.3. The van der Waals surface area contributed by atoms with Crippen LogP contribution in [-0.2, 0) is 0 Å². The molecule has 0 bridgehead atoms. The largest absolute Gasteiger partial charge is 0.353 e. The Morgan fingerprint density at radius 1 is 1.13 bits per heavy atom. The van der Waals surface area contributed by atoms with Gasteiger partial charge in [-0.3, -0.25) is 9.78 Å². The second-order valence-electron chi connectivity index (χ2n) is 7.27. The van der Waals surface area contributed by atoms with Gasteiger partial charge in [0.1, 0.15) is 11.5 Å². The van der Waals surface area contributed by atoms with Crippen LogP contribution in [0.3, 0.4) is 0 Å². The van der Waals surface area contributed by atoms with E-state index in [9.17, 15) is 4.79 Å². The van der Waals surface area contributed by atoms with E-state index in [0.717, 1.165) is 25.5 Å². The van der Waals surface area contributed by atoms with Crippen molar-refractivity contribution in [2.45, 2.75) is 19.9 Å². The number of aromatic nitrogens is 2. The molecule has 0 saturated carbocycles. The Balaban J connectivity index is 1.68. The second-order valence-corrected chi connectivity index (χ2v) is 7.27. The molecule has 30 heavy (non-hydrogen) atoms. The van der Waals surface area contributed by atoms with E-state index in [1.807, 2.05) is 25.1 Å². The van der Waals surface area contributed by atoms with Crippen LogP contribution in [0.2, 0.25) is 0 Å². The molecular formula is C25H24N4O. The van der Waals surface area contributed by atoms with Crippen molar-refractivity contribution in [1.82, 2.24) is 15.3 Å². The summed E-state index contributed by atoms with van der Waals surface area (Å²) in [7, 11) is 0. The zero-order valence-electron chi connectivity index (χ0n) is 17.2. The van der Waals surface area contributed by atoms with Crippen LogP contribution in [0.1, 0.15) is 45.8 Å². The number of pyridine rings is 2. The minimum atomic E-state index is -0.144. The summed E-state index contributed by atoms with van der Waals surface area (Å²) in [5.74, 6) is 6.57. The zero-order valence-corrected chi connectivity index (χ0v) is 17.2. The molecule has 0 spiro atoms. The number of hydrogen-bond acceptors (Lipinski definition) is 5. The van der Waals surface area contributed by atoms with Gasteiger partial charge in [0.25, 0.3) is 0 Å². The first-order chi connectivity index (χ1) is 14.7. The second kappa shape index (κ2) is 8.89. The highest BCUT2D eigenvalue weighted by molar-refractivity contribution is 6.10. The predicted octanol–water partition coefficient (Wildman–Crippen LogP) is 3.54. The lowest BCUT2D eigenvalue weighted by Crippen LogP contribution is -2.46. The number of anilines is 1. The molecule has 1 fully saturated rings. The fourth-order valence-electron chi connectivity index (χ4n) is 3.75. The average Bonchev–Trinajstić information content (AvgIpc) is 2.80. The summed E-state index contributed by atoms with van der Waals surface area (Å²) in [6.07, 6.45) is 1.69. The molecule has 0 amide bonds. The number of carbonyl (C=O) groups is 1. The fourth-order valence-corrected chi connectivity index (χ4v) is 3.75. The Hall–Kier alpha value is -3.49. The number of piperazine rings is 1. The molecule has 1 aliphatic rings. The van der Waals surface area contributed by atoms with Crippen LogP contribution in [0.5, 0.6) is 0 Å². The monoisotopic (exact) mass is 396 g/mol. The van der Waals surface area contributed by atoms with E-state index in [-0.39, 0.29) is 11.8 Å². The van der Waals surface area contributed by atoms with Gasteiger partial charge in [-0.1, -0.05) is 36.3 Å². The molecule has 0 unspecified atom stereocenters. The summed E-state index contributed by atoms with van der Waals surface area (Å²) in [4.78, 5) is 24.5. The van der Waals surface area contributed by atoms with Crippen molar-refractivity contribution < 1.29 is 4.79 Å². The number of nitrogens with one attached hydrogen (secondary N) is 1. The predicted molar refractivity (Wildman–Crippen MR) is 119 cm³/mol. The molecule has 5 heteroatoms. The van der Waals surface area contributed by atoms with Gasteiger partial charge in [0, 0.05) is 43.1 Å². The lowest BCUT2D eigenvalue weighted by molar-refractivity contribution is 0.103. The van der Waals surface area contributed by atoms with E-state index >= 15 is 0 Å². The summed E-state index contributed by atoms with van der Waals surface area (Å²) in [6.45, 7) is 6.06. The molecule has 1 aromatic carbocycles. The van der Waals surface area contributed by atoms with Crippen LogP contribution in [0.25, 0.3) is 0 Å². The Labute approximate surface area is 177 Å². The molecule has 2 aromatic heterocycles. The van der Waals surface area contributed by atoms with Crippen molar-refractivity contribution >= 4 is 11.6 Å². The Morgan fingerprint density at radius 2 is 1.97 bits per heavy atom. The van der Waals surface area contributed by atoms with Crippen LogP contribution in [0, 0.1) is 18.8 Å². The van der Waals surface area contributed by atoms with Gasteiger partial charge in [0.15, 0.2) is 0 Å². The van der Waals surface area contributed by atoms with Crippen molar-refractivity contribution in [2.24, 2.45) is 0 Å². The molecule has 5 nitrogen and oxygen atoms in total. The fraction of sp³-hybridized carbons (Fsp3) is 0.240. The maximum absolute atomic E-state index is 13.3. The molecule has 3 heterocycles. The van der Waals surface area contributed by atoms with Gasteiger partial charge in [0.2, 0.25) is 5.78 Å². The minimum Gasteiger partial charge on any atom is -0.353 e. The maximum Gasteiger partial charge on any atom is 0.214 e. The van der Waals surface area contributed by atoms with Gasteiger partial charge < -0.3 is 10.2 Å². The number of carbonyl (C=O) groups excluding carboxylic acids is 1. The highest BCUT2D eigenvalue weighted by Crippen LogP contribution is 2.23. The van der Waals surface area contributed by atoms with Crippen LogP contribution < -0.4 is 10.2 Å². The van der Waals surface area contributed by atoms with Gasteiger partial charge in [-0.25, -0.2) is 4.98 Å². The van der Waals surface area contributed by atoms with Crippen molar-refractivity contribution in [3.8, 4) is 11.8 Å². The quantitative estimate of drug-likeness (QED) is 0.540. The van der Waals surface area contributed by atoms with E-state index in [1.165, 1.54) is 5.56 Å². The minimum absolute atomic E-state index is 0.144. The first kappa shape index (κ1) is 19.8. The molecule has 3 aromatic rings. The number of aryl methyl sites for hydroxylation is 1. The highest BCUT2D eigenvalue weighted by Gasteiger charge is 2.24. The van der Waals surface area contributed by atoms with Crippen LogP contribution in [-0.4, -0.2) is 35.4 Å². The third-order valence-corrected chi connectivity index (χ3v) is 5.31. The van der Waals surface area contributed by atoms with Gasteiger partial charge in [-0.05, 0) is 43.7 Å². The third-order valence-electron chi connectivity index (χ3n) is 5.31. The molecule has 1 saturated heterocycles. The Kier molecular flexibility index (Phi) is 5.87. The summed E-state index contributed by atoms with van der Waals surface area (Å²) in [5.41, 5.74) is 3.52. The topological polar surface area (TPSA) is 58.1 Å². The molecular weight excluding hydrogens is 372 g/mol. The van der Waals surface area contributed by atoms with E-state index in [1.54, 1.807) is 25.3 Å². The SMILES string of the molecule is CC#Cc1ccc(N2CCN[C@@H](c3ccccc3)C2)nc1C(=O)c1cccnc1C. The third kappa shape index (κ3) is 4.10. The molecule has 1 atom stereocenters. The highest BCUT2D eigenvalue weighted by atomic mass is 16.1. The summed E-state index contributed by atoms with van der Waals surface area (Å²) in [6, 6.07) is 18.0. The van der Waals surface area contributed by atoms with E-state index in [0.29, 0.717) is 22.5 Å². The lowest BCUT2D eigenvalue weighted by atomic mass is 10.0. The van der Waals surface area contributed by atoms with Crippen LogP contribution >= 0.6 is 0 Å². The van der Waals surface area contributed by atoms with Crippen LogP contribution in [0.15, 0.2) is 60.8 Å². The van der Waals surface area contributed by atoms with E-state index in [2.05, 4.69) is 51.3 Å². The van der Waals surface area contributed by atoms with Crippen molar-refractivity contribution in [3.05, 3.63) is 88.9 Å². The Morgan fingerprint density at radius 3 is 2.73 bits per heavy atom. The molecule has 1 aliphatic heterocycles. The van der Waals surface area contributed by atoms with Crippen molar-refractivity contribution in [1.29, 1.82) is 0 Å². The number of ketones is 1. The number of benzene rings is 1. The van der Waals surface area contributed by atoms with Gasteiger partial charge >= 0.3 is 0 Å². The van der Waals surface area contributed by atoms with Gasteiger partial charge in [-0.15, -0.1) is 5.92 Å². The normalized spacial score (nSPS) is 15.9. The standard InChI is InChI=1S/C25H24N4O/c1-3-8-20-12-13-23(28-24(20)25(30)21-11-7-14-26-18(21)2)29-16-15-27-22(17-29)19-9-5-4-6-10-19/h4-7,9-14,22,27H,15-17H2,1-2H3/t22-/m1/s1. The van der Waals surface area contributed by atoms with Gasteiger partial charge in [-0.2, -0.15) is 0 Å². The van der Waals surface area contributed by atoms with Crippen molar-refractivity contribution in [3.63, 3.8) is 0 Å².